The van der Waals surface area contributed by atoms with Gasteiger partial charge in [-0.2, -0.15) is 0 Å². The molecule has 0 atom stereocenters. The molecule has 0 unspecified atom stereocenters. The van der Waals surface area contributed by atoms with Crippen LogP contribution in [0.25, 0.3) is 10.9 Å². The van der Waals surface area contributed by atoms with Gasteiger partial charge < -0.3 is 9.67 Å². The number of carboxylic acids is 1. The van der Waals surface area contributed by atoms with E-state index in [0.717, 1.165) is 15.4 Å². The van der Waals surface area contributed by atoms with Crippen molar-refractivity contribution in [3.63, 3.8) is 0 Å². The number of Topliss-reactive ketones (excluding diaryl/α,β-unsaturated/α-hetero) is 1. The lowest BCUT2D eigenvalue weighted by Gasteiger charge is -2.00. The van der Waals surface area contributed by atoms with Gasteiger partial charge in [-0.05, 0) is 19.1 Å². The van der Waals surface area contributed by atoms with Gasteiger partial charge in [-0.15, -0.1) is 0 Å². The summed E-state index contributed by atoms with van der Waals surface area (Å²) >= 11 is 3.33. The van der Waals surface area contributed by atoms with E-state index in [0.29, 0.717) is 5.56 Å². The number of fused-ring (bicyclic) bond motifs is 1. The Morgan fingerprint density at radius 2 is 2.12 bits per heavy atom. The lowest BCUT2D eigenvalue weighted by atomic mass is 10.1. The van der Waals surface area contributed by atoms with E-state index in [-0.39, 0.29) is 12.3 Å². The molecule has 1 N–H and O–H groups in total. The maximum Gasteiger partial charge on any atom is 0.323 e. The van der Waals surface area contributed by atoms with Crippen molar-refractivity contribution in [1.29, 1.82) is 0 Å². The van der Waals surface area contributed by atoms with Crippen LogP contribution in [0.4, 0.5) is 0 Å². The summed E-state index contributed by atoms with van der Waals surface area (Å²) in [5, 5.41) is 9.61. The smallest absolute Gasteiger partial charge is 0.323 e. The summed E-state index contributed by atoms with van der Waals surface area (Å²) in [5.41, 5.74) is 1.29. The third kappa shape index (κ3) is 2.24. The molecule has 0 spiro atoms. The van der Waals surface area contributed by atoms with Gasteiger partial charge in [0.15, 0.2) is 5.78 Å². The van der Waals surface area contributed by atoms with E-state index in [1.807, 2.05) is 18.2 Å². The molecule has 1 heterocycles. The monoisotopic (exact) mass is 295 g/mol. The Balaban J connectivity index is 2.70. The highest BCUT2D eigenvalue weighted by atomic mass is 79.9. The largest absolute Gasteiger partial charge is 0.480 e. The molecule has 0 saturated heterocycles. The number of halogens is 1. The lowest BCUT2D eigenvalue weighted by Crippen LogP contribution is -2.07. The highest BCUT2D eigenvalue weighted by molar-refractivity contribution is 9.10. The zero-order valence-electron chi connectivity index (χ0n) is 9.11. The van der Waals surface area contributed by atoms with Crippen LogP contribution in [0.1, 0.15) is 17.3 Å². The van der Waals surface area contributed by atoms with E-state index in [1.54, 1.807) is 10.8 Å². The maximum atomic E-state index is 11.5. The fourth-order valence-corrected chi connectivity index (χ4v) is 2.17. The molecule has 88 valence electrons. The molecule has 1 aromatic heterocycles. The number of benzene rings is 1. The minimum Gasteiger partial charge on any atom is -0.480 e. The van der Waals surface area contributed by atoms with Crippen molar-refractivity contribution in [1.82, 2.24) is 4.57 Å². The second-order valence-electron chi connectivity index (χ2n) is 3.78. The number of aliphatic carboxylic acids is 1. The number of carbonyl (C=O) groups is 2. The standard InChI is InChI=1S/C12H10BrNO3/c1-7(15)10-5-14(6-12(16)17)11-4-8(13)2-3-9(10)11/h2-5H,6H2,1H3,(H,16,17). The number of hydrogen-bond acceptors (Lipinski definition) is 2. The van der Waals surface area contributed by atoms with Crippen LogP contribution in [0.5, 0.6) is 0 Å². The minimum atomic E-state index is -0.933. The van der Waals surface area contributed by atoms with Crippen LogP contribution in [0.3, 0.4) is 0 Å². The normalized spacial score (nSPS) is 10.7. The van der Waals surface area contributed by atoms with Crippen molar-refractivity contribution in [3.05, 3.63) is 34.4 Å². The molecule has 0 radical (unpaired) electrons. The van der Waals surface area contributed by atoms with E-state index >= 15 is 0 Å². The van der Waals surface area contributed by atoms with Crippen LogP contribution in [0.15, 0.2) is 28.9 Å². The first kappa shape index (κ1) is 11.9. The van der Waals surface area contributed by atoms with Crippen molar-refractivity contribution in [2.24, 2.45) is 0 Å². The van der Waals surface area contributed by atoms with E-state index < -0.39 is 5.97 Å². The Kier molecular flexibility index (Phi) is 3.02. The quantitative estimate of drug-likeness (QED) is 0.886. The summed E-state index contributed by atoms with van der Waals surface area (Å²) in [7, 11) is 0. The molecule has 0 aliphatic heterocycles. The summed E-state index contributed by atoms with van der Waals surface area (Å²) in [5.74, 6) is -1.00. The first-order valence-corrected chi connectivity index (χ1v) is 5.79. The molecule has 1 aromatic carbocycles. The second kappa shape index (κ2) is 4.33. The number of rotatable bonds is 3. The molecule has 5 heteroatoms. The van der Waals surface area contributed by atoms with Gasteiger partial charge in [0.1, 0.15) is 6.54 Å². The van der Waals surface area contributed by atoms with E-state index in [1.165, 1.54) is 6.92 Å². The van der Waals surface area contributed by atoms with Gasteiger partial charge in [0, 0.05) is 21.6 Å². The lowest BCUT2D eigenvalue weighted by molar-refractivity contribution is -0.137. The number of carboxylic acid groups (broad SMARTS) is 1. The van der Waals surface area contributed by atoms with E-state index in [9.17, 15) is 9.59 Å². The summed E-state index contributed by atoms with van der Waals surface area (Å²) < 4.78 is 2.42. The second-order valence-corrected chi connectivity index (χ2v) is 4.70. The Morgan fingerprint density at radius 3 is 2.71 bits per heavy atom. The highest BCUT2D eigenvalue weighted by Gasteiger charge is 2.13. The topological polar surface area (TPSA) is 59.3 Å². The Hall–Kier alpha value is -1.62. The van der Waals surface area contributed by atoms with Crippen molar-refractivity contribution < 1.29 is 14.7 Å². The Bertz CT molecular complexity index is 615. The molecule has 17 heavy (non-hydrogen) atoms. The molecule has 0 fully saturated rings. The number of hydrogen-bond donors (Lipinski definition) is 1. The first-order valence-electron chi connectivity index (χ1n) is 5.00. The average molecular weight is 296 g/mol. The predicted molar refractivity (Wildman–Crippen MR) is 67.3 cm³/mol. The van der Waals surface area contributed by atoms with Crippen LogP contribution in [-0.2, 0) is 11.3 Å². The third-order valence-electron chi connectivity index (χ3n) is 2.53. The van der Waals surface area contributed by atoms with Gasteiger partial charge in [0.2, 0.25) is 0 Å². The van der Waals surface area contributed by atoms with Gasteiger partial charge in [-0.3, -0.25) is 9.59 Å². The van der Waals surface area contributed by atoms with Crippen molar-refractivity contribution in [2.75, 3.05) is 0 Å². The van der Waals surface area contributed by atoms with Crippen molar-refractivity contribution in [3.8, 4) is 0 Å². The van der Waals surface area contributed by atoms with Gasteiger partial charge in [-0.25, -0.2) is 0 Å². The van der Waals surface area contributed by atoms with Gasteiger partial charge >= 0.3 is 5.97 Å². The van der Waals surface area contributed by atoms with E-state index in [4.69, 9.17) is 5.11 Å². The fraction of sp³-hybridized carbons (Fsp3) is 0.167. The highest BCUT2D eigenvalue weighted by Crippen LogP contribution is 2.25. The zero-order valence-corrected chi connectivity index (χ0v) is 10.7. The summed E-state index contributed by atoms with van der Waals surface area (Å²) in [6, 6.07) is 5.46. The van der Waals surface area contributed by atoms with Crippen LogP contribution in [0, 0.1) is 0 Å². The van der Waals surface area contributed by atoms with E-state index in [2.05, 4.69) is 15.9 Å². The molecule has 0 bridgehead atoms. The van der Waals surface area contributed by atoms with Crippen LogP contribution in [-0.4, -0.2) is 21.4 Å². The third-order valence-corrected chi connectivity index (χ3v) is 3.02. The van der Waals surface area contributed by atoms with Crippen LogP contribution < -0.4 is 0 Å². The number of carbonyl (C=O) groups excluding carboxylic acids is 1. The van der Waals surface area contributed by atoms with Gasteiger partial charge in [0.25, 0.3) is 0 Å². The van der Waals surface area contributed by atoms with Gasteiger partial charge in [-0.1, -0.05) is 22.0 Å². The van der Waals surface area contributed by atoms with Crippen molar-refractivity contribution in [2.45, 2.75) is 13.5 Å². The number of nitrogens with zero attached hydrogens (tertiary/aromatic N) is 1. The Labute approximate surface area is 106 Å². The molecular formula is C12H10BrNO3. The first-order chi connectivity index (χ1) is 7.99. The number of ketones is 1. The summed E-state index contributed by atoms with van der Waals surface area (Å²) in [4.78, 5) is 22.2. The number of aromatic nitrogens is 1. The summed E-state index contributed by atoms with van der Waals surface area (Å²) in [6.45, 7) is 1.32. The van der Waals surface area contributed by atoms with Crippen molar-refractivity contribution >= 4 is 38.6 Å². The SMILES string of the molecule is CC(=O)c1cn(CC(=O)O)c2cc(Br)ccc12. The predicted octanol–water partition coefficient (Wildman–Crippen LogP) is 2.69. The molecule has 0 amide bonds. The molecular weight excluding hydrogens is 286 g/mol. The molecule has 4 nitrogen and oxygen atoms in total. The minimum absolute atomic E-state index is 0.0681. The molecule has 0 aliphatic carbocycles. The zero-order chi connectivity index (χ0) is 12.6. The van der Waals surface area contributed by atoms with Crippen LogP contribution >= 0.6 is 15.9 Å². The molecule has 2 aromatic rings. The molecule has 2 rings (SSSR count). The average Bonchev–Trinajstić information content (AvgIpc) is 2.56. The fourth-order valence-electron chi connectivity index (χ4n) is 1.82. The maximum absolute atomic E-state index is 11.5. The van der Waals surface area contributed by atoms with Gasteiger partial charge in [0.05, 0.1) is 5.52 Å². The van der Waals surface area contributed by atoms with Crippen LogP contribution in [0.2, 0.25) is 0 Å². The summed E-state index contributed by atoms with van der Waals surface area (Å²) in [6.07, 6.45) is 1.59. The Morgan fingerprint density at radius 1 is 1.41 bits per heavy atom. The molecule has 0 aliphatic rings. The molecule has 0 saturated carbocycles.